The molecule has 0 radical (unpaired) electrons. The van der Waals surface area contributed by atoms with E-state index in [1.54, 1.807) is 56.4 Å². The van der Waals surface area contributed by atoms with Gasteiger partial charge in [0.1, 0.15) is 29.2 Å². The van der Waals surface area contributed by atoms with Crippen molar-refractivity contribution in [2.24, 2.45) is 0 Å². The standard InChI is InChI=1S/C30H28N8O4/c1-30(2,42)15-37-14-21(24-25(31)34-16-35-26(24)37)17-8-9-23(33-13-17)36-28(40)20-12-19-22(10-11-32-27(19)39)38(29(20)41)18-6-4-3-5-7-18/h3-9,12-14,16,42H,10-11,15H2,1-2H3,(H,32,39)(H2,31,34,35)(H,33,36,40). The molecule has 5 heterocycles. The first kappa shape index (κ1) is 26.8. The molecule has 0 aliphatic carbocycles. The second-order valence-electron chi connectivity index (χ2n) is 10.7. The summed E-state index contributed by atoms with van der Waals surface area (Å²) >= 11 is 0. The molecule has 42 heavy (non-hydrogen) atoms. The van der Waals surface area contributed by atoms with Gasteiger partial charge in [0.15, 0.2) is 0 Å². The molecule has 2 amide bonds. The van der Waals surface area contributed by atoms with Crippen molar-refractivity contribution in [3.8, 4) is 16.8 Å². The summed E-state index contributed by atoms with van der Waals surface area (Å²) in [6.07, 6.45) is 5.22. The van der Waals surface area contributed by atoms with Gasteiger partial charge in [0, 0.05) is 47.9 Å². The van der Waals surface area contributed by atoms with Crippen molar-refractivity contribution in [3.63, 3.8) is 0 Å². The van der Waals surface area contributed by atoms with Crippen LogP contribution in [0, 0.1) is 0 Å². The van der Waals surface area contributed by atoms with E-state index in [1.165, 1.54) is 17.0 Å². The fourth-order valence-electron chi connectivity index (χ4n) is 5.21. The lowest BCUT2D eigenvalue weighted by molar-refractivity contribution is 0.0627. The monoisotopic (exact) mass is 564 g/mol. The average Bonchev–Trinajstić information content (AvgIpc) is 3.32. The van der Waals surface area contributed by atoms with Crippen molar-refractivity contribution < 1.29 is 14.7 Å². The van der Waals surface area contributed by atoms with Gasteiger partial charge < -0.3 is 26.0 Å². The summed E-state index contributed by atoms with van der Waals surface area (Å²) < 4.78 is 3.23. The van der Waals surface area contributed by atoms with Crippen LogP contribution >= 0.6 is 0 Å². The van der Waals surface area contributed by atoms with Crippen LogP contribution in [0.15, 0.2) is 72.0 Å². The number of nitrogens with one attached hydrogen (secondary N) is 2. The summed E-state index contributed by atoms with van der Waals surface area (Å²) in [6.45, 7) is 4.08. The van der Waals surface area contributed by atoms with E-state index in [0.717, 1.165) is 0 Å². The molecule has 0 bridgehead atoms. The van der Waals surface area contributed by atoms with Crippen LogP contribution < -0.4 is 21.9 Å². The fraction of sp³-hybridized carbons (Fsp3) is 0.200. The first-order valence-electron chi connectivity index (χ1n) is 13.3. The number of aliphatic hydroxyl groups is 1. The molecule has 0 saturated heterocycles. The van der Waals surface area contributed by atoms with E-state index in [0.29, 0.717) is 46.5 Å². The summed E-state index contributed by atoms with van der Waals surface area (Å²) in [5.74, 6) is -0.538. The Morgan fingerprint density at radius 1 is 1.10 bits per heavy atom. The Balaban J connectivity index is 1.34. The number of nitrogen functional groups attached to an aromatic ring is 1. The maximum Gasteiger partial charge on any atom is 0.268 e. The predicted molar refractivity (Wildman–Crippen MR) is 157 cm³/mol. The normalized spacial score (nSPS) is 13.1. The maximum atomic E-state index is 13.6. The summed E-state index contributed by atoms with van der Waals surface area (Å²) in [6, 6.07) is 13.6. The third-order valence-corrected chi connectivity index (χ3v) is 7.01. The molecular formula is C30H28N8O4. The first-order chi connectivity index (χ1) is 20.1. The van der Waals surface area contributed by atoms with Crippen LogP contribution in [-0.4, -0.2) is 53.2 Å². The first-order valence-corrected chi connectivity index (χ1v) is 13.3. The molecule has 0 fully saturated rings. The third-order valence-electron chi connectivity index (χ3n) is 7.01. The summed E-state index contributed by atoms with van der Waals surface area (Å²) in [4.78, 5) is 52.5. The highest BCUT2D eigenvalue weighted by Gasteiger charge is 2.26. The minimum atomic E-state index is -0.994. The van der Waals surface area contributed by atoms with Crippen LogP contribution in [0.3, 0.4) is 0 Å². The zero-order chi connectivity index (χ0) is 29.6. The molecule has 5 aromatic rings. The lowest BCUT2D eigenvalue weighted by Gasteiger charge is -2.22. The molecule has 1 aromatic carbocycles. The van der Waals surface area contributed by atoms with Gasteiger partial charge in [-0.3, -0.25) is 19.0 Å². The van der Waals surface area contributed by atoms with E-state index in [4.69, 9.17) is 5.73 Å². The molecule has 6 rings (SSSR count). The van der Waals surface area contributed by atoms with Gasteiger partial charge in [0.2, 0.25) is 0 Å². The molecule has 0 saturated carbocycles. The highest BCUT2D eigenvalue weighted by Crippen LogP contribution is 2.33. The molecule has 5 N–H and O–H groups in total. The van der Waals surface area contributed by atoms with E-state index >= 15 is 0 Å². The van der Waals surface area contributed by atoms with Crippen LogP contribution in [0.4, 0.5) is 11.6 Å². The van der Waals surface area contributed by atoms with Gasteiger partial charge in [0.25, 0.3) is 17.4 Å². The van der Waals surface area contributed by atoms with Crippen LogP contribution in [0.1, 0.15) is 40.3 Å². The van der Waals surface area contributed by atoms with E-state index < -0.39 is 17.1 Å². The Hall–Kier alpha value is -5.36. The highest BCUT2D eigenvalue weighted by atomic mass is 16.3. The Morgan fingerprint density at radius 3 is 2.60 bits per heavy atom. The predicted octanol–water partition coefficient (Wildman–Crippen LogP) is 2.54. The molecule has 212 valence electrons. The Morgan fingerprint density at radius 2 is 1.88 bits per heavy atom. The van der Waals surface area contributed by atoms with Gasteiger partial charge >= 0.3 is 0 Å². The molecule has 0 spiro atoms. The number of hydrogen-bond acceptors (Lipinski definition) is 8. The highest BCUT2D eigenvalue weighted by molar-refractivity contribution is 6.06. The van der Waals surface area contributed by atoms with E-state index in [9.17, 15) is 19.5 Å². The zero-order valence-electron chi connectivity index (χ0n) is 23.0. The number of amides is 2. The molecular weight excluding hydrogens is 536 g/mol. The van der Waals surface area contributed by atoms with Crippen molar-refractivity contribution in [2.75, 3.05) is 17.6 Å². The maximum absolute atomic E-state index is 13.6. The van der Waals surface area contributed by atoms with Crippen LogP contribution in [0.2, 0.25) is 0 Å². The number of pyridine rings is 2. The van der Waals surface area contributed by atoms with Crippen LogP contribution in [0.25, 0.3) is 27.8 Å². The van der Waals surface area contributed by atoms with E-state index in [1.807, 2.05) is 16.8 Å². The van der Waals surface area contributed by atoms with Gasteiger partial charge in [-0.2, -0.15) is 0 Å². The van der Waals surface area contributed by atoms with Crippen LogP contribution in [0.5, 0.6) is 0 Å². The van der Waals surface area contributed by atoms with Crippen molar-refractivity contribution in [1.82, 2.24) is 29.4 Å². The number of para-hydroxylation sites is 1. The number of benzene rings is 1. The van der Waals surface area contributed by atoms with Crippen molar-refractivity contribution in [1.29, 1.82) is 0 Å². The van der Waals surface area contributed by atoms with Gasteiger partial charge in [0.05, 0.1) is 23.1 Å². The van der Waals surface area contributed by atoms with Crippen molar-refractivity contribution in [2.45, 2.75) is 32.4 Å². The zero-order valence-corrected chi connectivity index (χ0v) is 23.0. The lowest BCUT2D eigenvalue weighted by Crippen LogP contribution is -2.39. The molecule has 1 aliphatic rings. The van der Waals surface area contributed by atoms with Gasteiger partial charge in [-0.15, -0.1) is 0 Å². The molecule has 12 heteroatoms. The summed E-state index contributed by atoms with van der Waals surface area (Å²) in [7, 11) is 0. The van der Waals surface area contributed by atoms with Crippen molar-refractivity contribution >= 4 is 34.5 Å². The molecule has 0 unspecified atom stereocenters. The molecule has 4 aromatic heterocycles. The SMILES string of the molecule is CC(C)(O)Cn1cc(-c2ccc(NC(=O)c3cc4c(n(-c5ccccc5)c3=O)CCNC4=O)nc2)c2c(N)ncnc21. The number of hydrogen-bond donors (Lipinski definition) is 4. The molecule has 12 nitrogen and oxygen atoms in total. The fourth-order valence-corrected chi connectivity index (χ4v) is 5.21. The van der Waals surface area contributed by atoms with Crippen molar-refractivity contribution in [3.05, 3.63) is 94.4 Å². The quantitative estimate of drug-likeness (QED) is 0.244. The minimum Gasteiger partial charge on any atom is -0.389 e. The third kappa shape index (κ3) is 4.88. The summed E-state index contributed by atoms with van der Waals surface area (Å²) in [5, 5.41) is 16.5. The minimum absolute atomic E-state index is 0.180. The number of aromatic nitrogens is 5. The van der Waals surface area contributed by atoms with Crippen LogP contribution in [-0.2, 0) is 13.0 Å². The number of nitrogens with zero attached hydrogens (tertiary/aromatic N) is 5. The Labute approximate surface area is 239 Å². The number of rotatable bonds is 6. The number of anilines is 2. The number of carbonyl (C=O) groups excluding carboxylic acids is 2. The number of fused-ring (bicyclic) bond motifs is 2. The van der Waals surface area contributed by atoms with E-state index in [-0.39, 0.29) is 35.2 Å². The largest absolute Gasteiger partial charge is 0.389 e. The summed E-state index contributed by atoms with van der Waals surface area (Å²) in [5.41, 5.74) is 7.86. The molecule has 1 aliphatic heterocycles. The number of nitrogens with two attached hydrogens (primary N) is 1. The second-order valence-corrected chi connectivity index (χ2v) is 10.7. The van der Waals surface area contributed by atoms with Gasteiger partial charge in [-0.25, -0.2) is 15.0 Å². The Kier molecular flexibility index (Phi) is 6.54. The smallest absolute Gasteiger partial charge is 0.268 e. The van der Waals surface area contributed by atoms with E-state index in [2.05, 4.69) is 25.6 Å². The van der Waals surface area contributed by atoms with Gasteiger partial charge in [-0.05, 0) is 44.2 Å². The number of carbonyl (C=O) groups is 2. The molecule has 0 atom stereocenters. The second kappa shape index (κ2) is 10.2. The average molecular weight is 565 g/mol. The topological polar surface area (TPSA) is 170 Å². The Bertz CT molecular complexity index is 1900. The van der Waals surface area contributed by atoms with Gasteiger partial charge in [-0.1, -0.05) is 18.2 Å². The lowest BCUT2D eigenvalue weighted by atomic mass is 10.0.